The predicted octanol–water partition coefficient (Wildman–Crippen LogP) is 5.46. The molecule has 0 fully saturated rings. The van der Waals surface area contributed by atoms with Crippen molar-refractivity contribution in [2.75, 3.05) is 10.8 Å². The molecule has 1 N–H and O–H groups in total. The molecule has 1 amide bonds. The van der Waals surface area contributed by atoms with Gasteiger partial charge in [0.15, 0.2) is 0 Å². The zero-order chi connectivity index (χ0) is 25.0. The van der Waals surface area contributed by atoms with E-state index >= 15 is 0 Å². The van der Waals surface area contributed by atoms with Crippen molar-refractivity contribution in [1.29, 1.82) is 0 Å². The molecule has 35 heavy (non-hydrogen) atoms. The number of sulfonamides is 1. The number of amides is 1. The van der Waals surface area contributed by atoms with E-state index in [0.717, 1.165) is 26.2 Å². The quantitative estimate of drug-likeness (QED) is 0.268. The minimum Gasteiger partial charge on any atom is -0.271 e. The lowest BCUT2D eigenvalue weighted by Gasteiger charge is -2.25. The lowest BCUT2D eigenvalue weighted by molar-refractivity contribution is -0.119. The zero-order valence-corrected chi connectivity index (χ0v) is 20.8. The van der Waals surface area contributed by atoms with Gasteiger partial charge in [0.05, 0.1) is 16.8 Å². The highest BCUT2D eigenvalue weighted by atomic mass is 35.5. The molecule has 0 bridgehead atoms. The molecular weight excluding hydrogens is 482 g/mol. The minimum absolute atomic E-state index is 0.0875. The van der Waals surface area contributed by atoms with E-state index in [1.165, 1.54) is 12.1 Å². The number of nitrogens with zero attached hydrogens (tertiary/aromatic N) is 2. The Morgan fingerprint density at radius 2 is 1.69 bits per heavy atom. The first-order valence-corrected chi connectivity index (χ1v) is 12.7. The summed E-state index contributed by atoms with van der Waals surface area (Å²) in [5.74, 6) is -0.577. The smallest absolute Gasteiger partial charge is 0.264 e. The van der Waals surface area contributed by atoms with E-state index in [2.05, 4.69) is 10.5 Å². The Hall–Kier alpha value is -3.68. The van der Waals surface area contributed by atoms with Gasteiger partial charge in [0.25, 0.3) is 15.9 Å². The van der Waals surface area contributed by atoms with E-state index in [9.17, 15) is 13.2 Å². The maximum Gasteiger partial charge on any atom is 0.264 e. The van der Waals surface area contributed by atoms with Crippen molar-refractivity contribution in [2.24, 2.45) is 5.10 Å². The number of halogens is 1. The van der Waals surface area contributed by atoms with Crippen LogP contribution in [0, 0.1) is 13.8 Å². The Morgan fingerprint density at radius 1 is 0.971 bits per heavy atom. The fourth-order valence-electron chi connectivity index (χ4n) is 3.74. The van der Waals surface area contributed by atoms with Crippen LogP contribution in [0.1, 0.15) is 16.7 Å². The molecule has 8 heteroatoms. The summed E-state index contributed by atoms with van der Waals surface area (Å²) < 4.78 is 28.1. The number of hydrogen-bond acceptors (Lipinski definition) is 4. The van der Waals surface area contributed by atoms with E-state index in [1.807, 2.05) is 49.4 Å². The van der Waals surface area contributed by atoms with Crippen molar-refractivity contribution < 1.29 is 13.2 Å². The van der Waals surface area contributed by atoms with Gasteiger partial charge in [-0.3, -0.25) is 9.10 Å². The minimum atomic E-state index is -4.03. The molecule has 0 saturated carbocycles. The molecule has 0 spiro atoms. The normalized spacial score (nSPS) is 11.6. The summed E-state index contributed by atoms with van der Waals surface area (Å²) in [6.07, 6.45) is 1.55. The number of hydrazone groups is 1. The third kappa shape index (κ3) is 5.53. The first-order chi connectivity index (χ1) is 16.8. The Bertz CT molecular complexity index is 1510. The van der Waals surface area contributed by atoms with E-state index in [1.54, 1.807) is 43.5 Å². The second-order valence-corrected chi connectivity index (χ2v) is 10.4. The van der Waals surface area contributed by atoms with Gasteiger partial charge in [0.2, 0.25) is 0 Å². The second kappa shape index (κ2) is 10.3. The Morgan fingerprint density at radius 3 is 2.43 bits per heavy atom. The number of aryl methyl sites for hydroxylation is 2. The Labute approximate surface area is 209 Å². The van der Waals surface area contributed by atoms with Crippen LogP contribution in [-0.2, 0) is 14.8 Å². The number of carbonyl (C=O) groups excluding carboxylic acids is 1. The molecule has 0 unspecified atom stereocenters. The molecule has 0 aliphatic carbocycles. The van der Waals surface area contributed by atoms with Crippen molar-refractivity contribution >= 4 is 50.2 Å². The predicted molar refractivity (Wildman–Crippen MR) is 142 cm³/mol. The van der Waals surface area contributed by atoms with E-state index < -0.39 is 22.5 Å². The molecule has 0 heterocycles. The molecule has 0 aliphatic heterocycles. The molecule has 0 saturated heterocycles. The highest BCUT2D eigenvalue weighted by molar-refractivity contribution is 7.92. The molecule has 0 aliphatic rings. The zero-order valence-electron chi connectivity index (χ0n) is 19.3. The van der Waals surface area contributed by atoms with Crippen molar-refractivity contribution in [3.05, 3.63) is 107 Å². The van der Waals surface area contributed by atoms with E-state index in [0.29, 0.717) is 16.3 Å². The average molecular weight is 506 g/mol. The number of rotatable bonds is 7. The first-order valence-electron chi connectivity index (χ1n) is 10.9. The maximum atomic E-state index is 13.5. The summed E-state index contributed by atoms with van der Waals surface area (Å²) in [4.78, 5) is 12.9. The summed E-state index contributed by atoms with van der Waals surface area (Å²) in [5.41, 5.74) is 5.21. The molecule has 0 radical (unpaired) electrons. The number of nitrogens with one attached hydrogen (secondary N) is 1. The molecule has 0 atom stereocenters. The summed E-state index contributed by atoms with van der Waals surface area (Å²) >= 11 is 6.08. The van der Waals surface area contributed by atoms with Gasteiger partial charge in [0.1, 0.15) is 6.54 Å². The molecular formula is C27H24ClN3O3S. The maximum absolute atomic E-state index is 13.5. The van der Waals surface area contributed by atoms with Crippen LogP contribution in [0.3, 0.4) is 0 Å². The van der Waals surface area contributed by atoms with E-state index in [4.69, 9.17) is 11.6 Å². The lowest BCUT2D eigenvalue weighted by Crippen LogP contribution is -2.40. The molecule has 6 nitrogen and oxygen atoms in total. The Kier molecular flexibility index (Phi) is 7.19. The topological polar surface area (TPSA) is 78.8 Å². The van der Waals surface area contributed by atoms with Gasteiger partial charge in [-0.05, 0) is 60.5 Å². The third-order valence-corrected chi connectivity index (χ3v) is 7.55. The van der Waals surface area contributed by atoms with Gasteiger partial charge in [0, 0.05) is 10.6 Å². The number of anilines is 1. The van der Waals surface area contributed by atoms with Gasteiger partial charge in [-0.15, -0.1) is 0 Å². The van der Waals surface area contributed by atoms with Crippen LogP contribution in [-0.4, -0.2) is 27.1 Å². The van der Waals surface area contributed by atoms with Crippen molar-refractivity contribution in [3.63, 3.8) is 0 Å². The van der Waals surface area contributed by atoms with Gasteiger partial charge >= 0.3 is 0 Å². The summed E-state index contributed by atoms with van der Waals surface area (Å²) in [6.45, 7) is 3.17. The molecule has 4 aromatic rings. The fourth-order valence-corrected chi connectivity index (χ4v) is 5.45. The standard InChI is InChI=1S/C27H24ClN3O3S/c1-19-10-13-24(14-11-19)35(33,34)31(26-15-12-23(28)16-20(26)2)18-27(32)30-29-17-22-8-5-7-21-6-3-4-9-25(21)22/h3-17H,18H2,1-2H3,(H,30,32)/b29-17-. The SMILES string of the molecule is Cc1ccc(S(=O)(=O)N(CC(=O)N/N=C\c2cccc3ccccc23)c2ccc(Cl)cc2C)cc1. The van der Waals surface area contributed by atoms with Crippen molar-refractivity contribution in [2.45, 2.75) is 18.7 Å². The lowest BCUT2D eigenvalue weighted by atomic mass is 10.1. The monoisotopic (exact) mass is 505 g/mol. The number of fused-ring (bicyclic) bond motifs is 1. The third-order valence-electron chi connectivity index (χ3n) is 5.54. The summed E-state index contributed by atoms with van der Waals surface area (Å²) in [7, 11) is -4.03. The van der Waals surface area contributed by atoms with Crippen molar-refractivity contribution in [3.8, 4) is 0 Å². The fraction of sp³-hybridized carbons (Fsp3) is 0.111. The van der Waals surface area contributed by atoms with Crippen LogP contribution < -0.4 is 9.73 Å². The van der Waals surface area contributed by atoms with Crippen LogP contribution >= 0.6 is 11.6 Å². The number of hydrogen-bond donors (Lipinski definition) is 1. The van der Waals surface area contributed by atoms with Gasteiger partial charge in [-0.2, -0.15) is 5.10 Å². The van der Waals surface area contributed by atoms with E-state index in [-0.39, 0.29) is 4.90 Å². The van der Waals surface area contributed by atoms with Gasteiger partial charge in [-0.25, -0.2) is 13.8 Å². The highest BCUT2D eigenvalue weighted by Gasteiger charge is 2.28. The summed E-state index contributed by atoms with van der Waals surface area (Å²) in [6, 6.07) is 25.0. The molecule has 4 rings (SSSR count). The highest BCUT2D eigenvalue weighted by Crippen LogP contribution is 2.29. The molecule has 4 aromatic carbocycles. The van der Waals surface area contributed by atoms with Crippen LogP contribution in [0.2, 0.25) is 5.02 Å². The largest absolute Gasteiger partial charge is 0.271 e. The van der Waals surface area contributed by atoms with Crippen LogP contribution in [0.25, 0.3) is 10.8 Å². The van der Waals surface area contributed by atoms with Gasteiger partial charge < -0.3 is 0 Å². The van der Waals surface area contributed by atoms with Crippen LogP contribution in [0.4, 0.5) is 5.69 Å². The molecule has 0 aromatic heterocycles. The molecule has 178 valence electrons. The average Bonchev–Trinajstić information content (AvgIpc) is 2.83. The number of carbonyl (C=O) groups is 1. The number of benzene rings is 4. The van der Waals surface area contributed by atoms with Crippen LogP contribution in [0.5, 0.6) is 0 Å². The Balaban J connectivity index is 1.61. The first kappa shape index (κ1) is 24.4. The van der Waals surface area contributed by atoms with Crippen molar-refractivity contribution in [1.82, 2.24) is 5.43 Å². The van der Waals surface area contributed by atoms with Crippen LogP contribution in [0.15, 0.2) is 94.9 Å². The van der Waals surface area contributed by atoms with Gasteiger partial charge in [-0.1, -0.05) is 71.8 Å². The summed E-state index contributed by atoms with van der Waals surface area (Å²) in [5, 5.41) is 6.60. The second-order valence-electron chi connectivity index (χ2n) is 8.12.